The van der Waals surface area contributed by atoms with Gasteiger partial charge in [0.1, 0.15) is 0 Å². The molecule has 0 aromatic heterocycles. The lowest BCUT2D eigenvalue weighted by molar-refractivity contribution is 0.0283. The molecule has 0 radical (unpaired) electrons. The molecule has 70 valence electrons. The molecule has 0 saturated heterocycles. The fourth-order valence-electron chi connectivity index (χ4n) is 2.52. The molecular formula is C9H14F2O. The second-order valence-corrected chi connectivity index (χ2v) is 4.31. The Bertz CT molecular complexity index is 193. The first-order valence-electron chi connectivity index (χ1n) is 4.58. The molecule has 2 saturated carbocycles. The van der Waals surface area contributed by atoms with Gasteiger partial charge < -0.3 is 5.11 Å². The van der Waals surface area contributed by atoms with Crippen LogP contribution in [0.2, 0.25) is 0 Å². The van der Waals surface area contributed by atoms with E-state index < -0.39 is 11.3 Å². The van der Waals surface area contributed by atoms with Gasteiger partial charge in [-0.2, -0.15) is 0 Å². The van der Waals surface area contributed by atoms with Gasteiger partial charge in [0.2, 0.25) is 0 Å². The number of aliphatic hydroxyl groups excluding tert-OH is 1. The van der Waals surface area contributed by atoms with Gasteiger partial charge in [-0.05, 0) is 25.2 Å². The van der Waals surface area contributed by atoms with Crippen molar-refractivity contribution in [1.29, 1.82) is 0 Å². The molecule has 2 aliphatic rings. The Hall–Kier alpha value is -0.180. The van der Waals surface area contributed by atoms with Crippen LogP contribution < -0.4 is 0 Å². The number of aliphatic hydroxyl groups is 1. The van der Waals surface area contributed by atoms with Crippen molar-refractivity contribution in [3.8, 4) is 0 Å². The Labute approximate surface area is 70.8 Å². The molecule has 12 heavy (non-hydrogen) atoms. The van der Waals surface area contributed by atoms with Crippen molar-refractivity contribution in [2.75, 3.05) is 6.61 Å². The first-order chi connectivity index (χ1) is 5.60. The number of alkyl halides is 2. The largest absolute Gasteiger partial charge is 0.396 e. The van der Waals surface area contributed by atoms with Crippen LogP contribution in [0.15, 0.2) is 0 Å². The van der Waals surface area contributed by atoms with Crippen molar-refractivity contribution in [3.63, 3.8) is 0 Å². The Morgan fingerprint density at radius 1 is 1.42 bits per heavy atom. The molecule has 2 atom stereocenters. The molecule has 3 heteroatoms. The Balaban J connectivity index is 2.01. The minimum Gasteiger partial charge on any atom is -0.396 e. The van der Waals surface area contributed by atoms with Crippen LogP contribution in [0.4, 0.5) is 8.78 Å². The van der Waals surface area contributed by atoms with E-state index in [0.717, 1.165) is 12.8 Å². The first kappa shape index (κ1) is 8.42. The molecule has 0 bridgehead atoms. The Morgan fingerprint density at radius 3 is 2.58 bits per heavy atom. The van der Waals surface area contributed by atoms with Crippen LogP contribution in [-0.4, -0.2) is 17.6 Å². The van der Waals surface area contributed by atoms with Gasteiger partial charge in [-0.3, -0.25) is 0 Å². The highest BCUT2D eigenvalue weighted by Crippen LogP contribution is 2.68. The Morgan fingerprint density at radius 2 is 2.08 bits per heavy atom. The van der Waals surface area contributed by atoms with E-state index >= 15 is 0 Å². The van der Waals surface area contributed by atoms with E-state index in [-0.39, 0.29) is 18.9 Å². The van der Waals surface area contributed by atoms with Crippen LogP contribution in [-0.2, 0) is 0 Å². The molecular weight excluding hydrogens is 162 g/mol. The lowest BCUT2D eigenvalue weighted by Crippen LogP contribution is -2.23. The molecule has 1 spiro atoms. The summed E-state index contributed by atoms with van der Waals surface area (Å²) >= 11 is 0. The van der Waals surface area contributed by atoms with Gasteiger partial charge in [0.05, 0.1) is 0 Å². The zero-order chi connectivity index (χ0) is 8.82. The van der Waals surface area contributed by atoms with Crippen LogP contribution in [0.5, 0.6) is 0 Å². The fraction of sp³-hybridized carbons (Fsp3) is 1.00. The van der Waals surface area contributed by atoms with Crippen molar-refractivity contribution in [1.82, 2.24) is 0 Å². The smallest absolute Gasteiger partial charge is 0.254 e. The van der Waals surface area contributed by atoms with Crippen LogP contribution in [0.25, 0.3) is 0 Å². The van der Waals surface area contributed by atoms with E-state index in [9.17, 15) is 8.78 Å². The predicted octanol–water partition coefficient (Wildman–Crippen LogP) is 2.19. The minimum atomic E-state index is -2.42. The number of hydrogen-bond acceptors (Lipinski definition) is 1. The molecule has 2 fully saturated rings. The van der Waals surface area contributed by atoms with Gasteiger partial charge in [-0.15, -0.1) is 0 Å². The standard InChI is InChI=1S/C9H14F2O/c10-9(11)6-8(9)3-1-2-7(4-8)5-12/h7,12H,1-6H2. The maximum Gasteiger partial charge on any atom is 0.254 e. The minimum absolute atomic E-state index is 0.0660. The third kappa shape index (κ3) is 1.06. The maximum absolute atomic E-state index is 12.9. The van der Waals surface area contributed by atoms with Gasteiger partial charge in [0, 0.05) is 18.4 Å². The molecule has 0 heterocycles. The molecule has 2 aliphatic carbocycles. The summed E-state index contributed by atoms with van der Waals surface area (Å²) in [6.07, 6.45) is 3.05. The molecule has 0 aliphatic heterocycles. The second kappa shape index (κ2) is 2.41. The topological polar surface area (TPSA) is 20.2 Å². The zero-order valence-corrected chi connectivity index (χ0v) is 7.02. The summed E-state index contributed by atoms with van der Waals surface area (Å²) < 4.78 is 25.8. The van der Waals surface area contributed by atoms with Gasteiger partial charge >= 0.3 is 0 Å². The number of rotatable bonds is 1. The molecule has 0 amide bonds. The molecule has 1 N–H and O–H groups in total. The van der Waals surface area contributed by atoms with Crippen molar-refractivity contribution in [2.24, 2.45) is 11.3 Å². The monoisotopic (exact) mass is 176 g/mol. The van der Waals surface area contributed by atoms with E-state index in [1.807, 2.05) is 0 Å². The van der Waals surface area contributed by atoms with Crippen LogP contribution >= 0.6 is 0 Å². The van der Waals surface area contributed by atoms with Crippen LogP contribution in [0, 0.1) is 11.3 Å². The van der Waals surface area contributed by atoms with E-state index in [0.29, 0.717) is 12.8 Å². The zero-order valence-electron chi connectivity index (χ0n) is 7.02. The van der Waals surface area contributed by atoms with Crippen molar-refractivity contribution in [3.05, 3.63) is 0 Å². The Kier molecular flexibility index (Phi) is 1.69. The van der Waals surface area contributed by atoms with E-state index in [2.05, 4.69) is 0 Å². The maximum atomic E-state index is 12.9. The van der Waals surface area contributed by atoms with Gasteiger partial charge in [-0.1, -0.05) is 6.42 Å². The SMILES string of the molecule is OCC1CCCC2(C1)CC2(F)F. The summed E-state index contributed by atoms with van der Waals surface area (Å²) in [5, 5.41) is 8.88. The molecule has 2 rings (SSSR count). The highest BCUT2D eigenvalue weighted by atomic mass is 19.3. The molecule has 1 nitrogen and oxygen atoms in total. The van der Waals surface area contributed by atoms with E-state index in [4.69, 9.17) is 5.11 Å². The molecule has 0 aromatic rings. The third-order valence-corrected chi connectivity index (χ3v) is 3.42. The summed E-state index contributed by atoms with van der Waals surface area (Å²) in [5.41, 5.74) is -0.696. The van der Waals surface area contributed by atoms with Gasteiger partial charge in [0.15, 0.2) is 0 Å². The van der Waals surface area contributed by atoms with Gasteiger partial charge in [-0.25, -0.2) is 8.78 Å². The van der Waals surface area contributed by atoms with Crippen molar-refractivity contribution in [2.45, 2.75) is 38.0 Å². The molecule has 2 unspecified atom stereocenters. The van der Waals surface area contributed by atoms with Crippen molar-refractivity contribution >= 4 is 0 Å². The average molecular weight is 176 g/mol. The summed E-state index contributed by atoms with van der Waals surface area (Å²) in [6.45, 7) is 0.0812. The fourth-order valence-corrected chi connectivity index (χ4v) is 2.52. The van der Waals surface area contributed by atoms with Crippen LogP contribution in [0.3, 0.4) is 0 Å². The summed E-state index contributed by atoms with van der Waals surface area (Å²) in [4.78, 5) is 0. The normalized spacial score (nSPS) is 44.8. The van der Waals surface area contributed by atoms with Crippen molar-refractivity contribution < 1.29 is 13.9 Å². The first-order valence-corrected chi connectivity index (χ1v) is 4.58. The lowest BCUT2D eigenvalue weighted by Gasteiger charge is -2.27. The lowest BCUT2D eigenvalue weighted by atomic mass is 9.79. The summed E-state index contributed by atoms with van der Waals surface area (Å²) in [7, 11) is 0. The van der Waals surface area contributed by atoms with Crippen LogP contribution in [0.1, 0.15) is 32.1 Å². The third-order valence-electron chi connectivity index (χ3n) is 3.42. The number of halogens is 2. The summed E-state index contributed by atoms with van der Waals surface area (Å²) in [5.74, 6) is -2.28. The second-order valence-electron chi connectivity index (χ2n) is 4.31. The quantitative estimate of drug-likeness (QED) is 0.649. The van der Waals surface area contributed by atoms with Gasteiger partial charge in [0.25, 0.3) is 5.92 Å². The number of hydrogen-bond donors (Lipinski definition) is 1. The predicted molar refractivity (Wildman–Crippen MR) is 41.0 cm³/mol. The average Bonchev–Trinajstić information content (AvgIpc) is 2.52. The highest BCUT2D eigenvalue weighted by Gasteiger charge is 2.70. The van der Waals surface area contributed by atoms with E-state index in [1.54, 1.807) is 0 Å². The van der Waals surface area contributed by atoms with E-state index in [1.165, 1.54) is 0 Å². The molecule has 0 aromatic carbocycles. The summed E-state index contributed by atoms with van der Waals surface area (Å²) in [6, 6.07) is 0. The highest BCUT2D eigenvalue weighted by molar-refractivity contribution is 5.11.